The van der Waals surface area contributed by atoms with Gasteiger partial charge in [0.25, 0.3) is 0 Å². The van der Waals surface area contributed by atoms with Crippen LogP contribution in [0.3, 0.4) is 0 Å². The van der Waals surface area contributed by atoms with Gasteiger partial charge in [-0.1, -0.05) is 255 Å². The van der Waals surface area contributed by atoms with E-state index in [4.69, 9.17) is 34.3 Å². The molecule has 0 aliphatic carbocycles. The molecule has 0 radical (unpaired) electrons. The van der Waals surface area contributed by atoms with Crippen molar-refractivity contribution in [2.75, 3.05) is 0 Å². The zero-order valence-electron chi connectivity index (χ0n) is 39.3. The van der Waals surface area contributed by atoms with Gasteiger partial charge in [0.05, 0.1) is 0 Å². The van der Waals surface area contributed by atoms with Gasteiger partial charge in [-0.15, -0.1) is 0 Å². The lowest BCUT2D eigenvalue weighted by molar-refractivity contribution is 0.671. The van der Waals surface area contributed by atoms with Gasteiger partial charge >= 0.3 is 0 Å². The van der Waals surface area contributed by atoms with Crippen molar-refractivity contribution in [3.05, 3.63) is 255 Å². The second-order valence-corrected chi connectivity index (χ2v) is 17.7. The van der Waals surface area contributed by atoms with Crippen molar-refractivity contribution in [2.24, 2.45) is 0 Å². The average Bonchev–Trinajstić information content (AvgIpc) is 3.88. The standard InChI is InChI=1S/C66H42N6O/c1-5-23-43(24-6-1)61-67-62(44-25-7-2-8-26-44)70-65(69-61)57-37-19-17-35-51(57)47-31-13-15-33-49(47)53-39-21-41-55-56-42-22-40-54(60(56)73-59(53)55)50-34-16-14-32-48(50)52-36-18-20-38-58(52)66-71-63(45-27-9-3-10-28-45)68-64(72-66)46-29-11-4-12-30-46/h1-42H. The molecule has 0 N–H and O–H groups in total. The van der Waals surface area contributed by atoms with Crippen LogP contribution in [0, 0.1) is 0 Å². The third-order valence-electron chi connectivity index (χ3n) is 13.3. The number of aromatic nitrogens is 6. The summed E-state index contributed by atoms with van der Waals surface area (Å²) < 4.78 is 7.23. The van der Waals surface area contributed by atoms with Crippen LogP contribution in [0.15, 0.2) is 259 Å². The van der Waals surface area contributed by atoms with Crippen LogP contribution in [0.2, 0.25) is 0 Å². The Kier molecular flexibility index (Phi) is 11.1. The molecule has 0 spiro atoms. The van der Waals surface area contributed by atoms with E-state index in [0.29, 0.717) is 34.9 Å². The summed E-state index contributed by atoms with van der Waals surface area (Å²) >= 11 is 0. The van der Waals surface area contributed by atoms with Gasteiger partial charge in [0.2, 0.25) is 0 Å². The summed E-state index contributed by atoms with van der Waals surface area (Å²) in [6.07, 6.45) is 0. The lowest BCUT2D eigenvalue weighted by atomic mass is 9.90. The Morgan fingerprint density at radius 2 is 0.397 bits per heavy atom. The predicted octanol–water partition coefficient (Wildman–Crippen LogP) is 16.6. The van der Waals surface area contributed by atoms with Gasteiger partial charge in [-0.2, -0.15) is 0 Å². The molecule has 0 unspecified atom stereocenters. The summed E-state index contributed by atoms with van der Waals surface area (Å²) in [4.78, 5) is 30.5. The molecule has 13 aromatic rings. The Hall–Kier alpha value is -9.98. The fourth-order valence-electron chi connectivity index (χ4n) is 9.83. The Morgan fingerprint density at radius 1 is 0.178 bits per heavy atom. The quantitative estimate of drug-likeness (QED) is 0.135. The summed E-state index contributed by atoms with van der Waals surface area (Å²) in [5.41, 5.74) is 15.1. The number of rotatable bonds is 10. The highest BCUT2D eigenvalue weighted by Gasteiger charge is 2.23. The molecule has 7 nitrogen and oxygen atoms in total. The zero-order valence-corrected chi connectivity index (χ0v) is 39.3. The molecule has 3 aromatic heterocycles. The molecule has 0 aliphatic heterocycles. The molecule has 0 saturated heterocycles. The summed E-state index contributed by atoms with van der Waals surface area (Å²) in [6, 6.07) is 87.0. The maximum Gasteiger partial charge on any atom is 0.164 e. The van der Waals surface area contributed by atoms with E-state index in [-0.39, 0.29) is 0 Å². The predicted molar refractivity (Wildman–Crippen MR) is 295 cm³/mol. The zero-order chi connectivity index (χ0) is 48.5. The second kappa shape index (κ2) is 18.7. The van der Waals surface area contributed by atoms with Crippen molar-refractivity contribution in [3.63, 3.8) is 0 Å². The molecule has 0 saturated carbocycles. The van der Waals surface area contributed by atoms with E-state index in [1.807, 2.05) is 133 Å². The molecule has 73 heavy (non-hydrogen) atoms. The first kappa shape index (κ1) is 43.1. The molecule has 3 heterocycles. The summed E-state index contributed by atoms with van der Waals surface area (Å²) in [7, 11) is 0. The lowest BCUT2D eigenvalue weighted by Gasteiger charge is -2.15. The highest BCUT2D eigenvalue weighted by molar-refractivity contribution is 6.14. The number of para-hydroxylation sites is 2. The smallest absolute Gasteiger partial charge is 0.164 e. The van der Waals surface area contributed by atoms with Crippen LogP contribution in [-0.4, -0.2) is 29.9 Å². The van der Waals surface area contributed by atoms with Crippen LogP contribution in [0.4, 0.5) is 0 Å². The fourth-order valence-corrected chi connectivity index (χ4v) is 9.83. The van der Waals surface area contributed by atoms with Crippen LogP contribution < -0.4 is 0 Å². The van der Waals surface area contributed by atoms with Crippen molar-refractivity contribution in [2.45, 2.75) is 0 Å². The molecular formula is C66H42N6O. The number of hydrogen-bond acceptors (Lipinski definition) is 7. The minimum absolute atomic E-state index is 0.591. The van der Waals surface area contributed by atoms with Gasteiger partial charge in [0.1, 0.15) is 11.2 Å². The molecule has 0 aliphatic rings. The fraction of sp³-hybridized carbons (Fsp3) is 0. The molecule has 13 rings (SSSR count). The van der Waals surface area contributed by atoms with Gasteiger partial charge in [-0.3, -0.25) is 0 Å². The van der Waals surface area contributed by atoms with Gasteiger partial charge in [-0.05, 0) is 33.4 Å². The van der Waals surface area contributed by atoms with Gasteiger partial charge in [0.15, 0.2) is 34.9 Å². The van der Waals surface area contributed by atoms with Crippen LogP contribution in [0.5, 0.6) is 0 Å². The van der Waals surface area contributed by atoms with Crippen LogP contribution in [-0.2, 0) is 0 Å². The first-order valence-corrected chi connectivity index (χ1v) is 24.3. The Morgan fingerprint density at radius 3 is 0.699 bits per heavy atom. The molecule has 0 bridgehead atoms. The summed E-state index contributed by atoms with van der Waals surface area (Å²) in [5.74, 6) is 3.63. The monoisotopic (exact) mass is 934 g/mol. The minimum atomic E-state index is 0.591. The van der Waals surface area contributed by atoms with E-state index in [1.165, 1.54) is 0 Å². The van der Waals surface area contributed by atoms with Crippen molar-refractivity contribution in [3.8, 4) is 113 Å². The topological polar surface area (TPSA) is 90.5 Å². The third-order valence-corrected chi connectivity index (χ3v) is 13.3. The summed E-state index contributed by atoms with van der Waals surface area (Å²) in [5, 5.41) is 2.06. The van der Waals surface area contributed by atoms with Crippen LogP contribution >= 0.6 is 0 Å². The van der Waals surface area contributed by atoms with Crippen LogP contribution in [0.25, 0.3) is 135 Å². The van der Waals surface area contributed by atoms with Crippen molar-refractivity contribution in [1.82, 2.24) is 29.9 Å². The van der Waals surface area contributed by atoms with E-state index in [0.717, 1.165) is 99.8 Å². The maximum absolute atomic E-state index is 7.23. The number of fused-ring (bicyclic) bond motifs is 3. The number of hydrogen-bond donors (Lipinski definition) is 0. The first-order valence-electron chi connectivity index (χ1n) is 24.3. The summed E-state index contributed by atoms with van der Waals surface area (Å²) in [6.45, 7) is 0. The van der Waals surface area contributed by atoms with Crippen molar-refractivity contribution in [1.29, 1.82) is 0 Å². The Balaban J connectivity index is 0.944. The number of nitrogens with zero attached hydrogens (tertiary/aromatic N) is 6. The van der Waals surface area contributed by atoms with E-state index in [2.05, 4.69) is 121 Å². The normalized spacial score (nSPS) is 11.3. The molecular weight excluding hydrogens is 893 g/mol. The minimum Gasteiger partial charge on any atom is -0.455 e. The largest absolute Gasteiger partial charge is 0.455 e. The van der Waals surface area contributed by atoms with Gasteiger partial charge in [0, 0.05) is 55.3 Å². The van der Waals surface area contributed by atoms with E-state index in [9.17, 15) is 0 Å². The number of benzene rings is 10. The Bertz CT molecular complexity index is 3760. The third kappa shape index (κ3) is 8.11. The molecule has 0 atom stereocenters. The SMILES string of the molecule is c1ccc(-c2nc(-c3ccccc3)nc(-c3ccccc3-c3ccccc3-c3cccc4c3oc3c(-c5ccccc5-c5ccccc5-c5nc(-c6ccccc6)nc(-c6ccccc6)n5)cccc34)n2)cc1. The lowest BCUT2D eigenvalue weighted by Crippen LogP contribution is -2.01. The maximum atomic E-state index is 7.23. The Labute approximate surface area is 421 Å². The number of furan rings is 1. The molecule has 10 aromatic carbocycles. The van der Waals surface area contributed by atoms with Crippen molar-refractivity contribution >= 4 is 21.9 Å². The molecule has 7 heteroatoms. The average molecular weight is 935 g/mol. The van der Waals surface area contributed by atoms with Crippen LogP contribution in [0.1, 0.15) is 0 Å². The van der Waals surface area contributed by atoms with E-state index >= 15 is 0 Å². The second-order valence-electron chi connectivity index (χ2n) is 17.7. The van der Waals surface area contributed by atoms with Gasteiger partial charge in [-0.25, -0.2) is 29.9 Å². The highest BCUT2D eigenvalue weighted by atomic mass is 16.3. The van der Waals surface area contributed by atoms with E-state index < -0.39 is 0 Å². The van der Waals surface area contributed by atoms with Gasteiger partial charge < -0.3 is 4.42 Å². The molecule has 0 amide bonds. The first-order chi connectivity index (χ1) is 36.2. The molecule has 0 fully saturated rings. The molecule has 342 valence electrons. The van der Waals surface area contributed by atoms with E-state index in [1.54, 1.807) is 0 Å². The highest BCUT2D eigenvalue weighted by Crippen LogP contribution is 2.46. The van der Waals surface area contributed by atoms with Crippen molar-refractivity contribution < 1.29 is 4.42 Å².